The van der Waals surface area contributed by atoms with E-state index in [1.165, 1.54) is 67.6 Å². The van der Waals surface area contributed by atoms with Crippen molar-refractivity contribution in [2.75, 3.05) is 19.7 Å². The van der Waals surface area contributed by atoms with Crippen molar-refractivity contribution in [1.82, 2.24) is 10.2 Å². The van der Waals surface area contributed by atoms with Crippen molar-refractivity contribution < 1.29 is 23.9 Å². The number of esters is 1. The summed E-state index contributed by atoms with van der Waals surface area (Å²) in [5, 5.41) is 2.65. The van der Waals surface area contributed by atoms with Crippen molar-refractivity contribution in [1.29, 1.82) is 0 Å². The molecule has 0 unspecified atom stereocenters. The Morgan fingerprint density at radius 1 is 0.914 bits per heavy atom. The van der Waals surface area contributed by atoms with Crippen LogP contribution >= 0.6 is 0 Å². The van der Waals surface area contributed by atoms with Crippen LogP contribution in [0.2, 0.25) is 13.3 Å². The summed E-state index contributed by atoms with van der Waals surface area (Å²) >= 11 is -2.66. The van der Waals surface area contributed by atoms with E-state index in [2.05, 4.69) is 38.2 Å². The van der Waals surface area contributed by atoms with Gasteiger partial charge in [0.2, 0.25) is 0 Å². The zero-order valence-electron chi connectivity index (χ0n) is 21.4. The molecule has 1 aromatic rings. The fraction of sp³-hybridized carbons (Fsp3) is 0.556. The summed E-state index contributed by atoms with van der Waals surface area (Å²) in [6.07, 6.45) is 9.68. The number of carbonyl (C=O) groups excluding carboxylic acids is 4. The molecule has 1 heterocycles. The fourth-order valence-electron chi connectivity index (χ4n) is 4.55. The molecule has 1 aliphatic rings. The Labute approximate surface area is 213 Å². The molecule has 0 saturated heterocycles. The summed E-state index contributed by atoms with van der Waals surface area (Å²) in [6.45, 7) is 6.37. The molecule has 1 N–H and O–H groups in total. The first kappa shape index (κ1) is 29.1. The van der Waals surface area contributed by atoms with Crippen LogP contribution in [0.3, 0.4) is 0 Å². The molecule has 3 amide bonds. The van der Waals surface area contributed by atoms with Gasteiger partial charge in [-0.2, -0.15) is 0 Å². The number of imide groups is 1. The van der Waals surface area contributed by atoms with Crippen molar-refractivity contribution >= 4 is 45.6 Å². The Morgan fingerprint density at radius 2 is 1.49 bits per heavy atom. The Hall–Kier alpha value is -2.16. The van der Waals surface area contributed by atoms with Gasteiger partial charge < -0.3 is 0 Å². The van der Waals surface area contributed by atoms with Gasteiger partial charge in [0.25, 0.3) is 0 Å². The Kier molecular flexibility index (Phi) is 12.5. The van der Waals surface area contributed by atoms with Crippen LogP contribution in [-0.2, 0) is 19.1 Å². The molecular formula is C27H40N2O5Sn. The third-order valence-electron chi connectivity index (χ3n) is 6.64. The van der Waals surface area contributed by atoms with Crippen molar-refractivity contribution in [3.63, 3.8) is 0 Å². The van der Waals surface area contributed by atoms with E-state index in [4.69, 9.17) is 4.74 Å². The normalized spacial score (nSPS) is 13.4. The molecule has 0 aromatic heterocycles. The van der Waals surface area contributed by atoms with Gasteiger partial charge in [-0.3, -0.25) is 9.59 Å². The molecule has 0 atom stereocenters. The van der Waals surface area contributed by atoms with Gasteiger partial charge in [0, 0.05) is 12.2 Å². The van der Waals surface area contributed by atoms with Crippen molar-refractivity contribution in [2.45, 2.75) is 72.6 Å². The molecule has 192 valence electrons. The van der Waals surface area contributed by atoms with Gasteiger partial charge >= 0.3 is 192 Å². The second kappa shape index (κ2) is 15.1. The summed E-state index contributed by atoms with van der Waals surface area (Å²) in [7, 11) is 0. The molecular weight excluding hydrogens is 551 g/mol. The van der Waals surface area contributed by atoms with E-state index in [-0.39, 0.29) is 25.6 Å². The maximum atomic E-state index is 12.8. The summed E-state index contributed by atoms with van der Waals surface area (Å²) < 4.78 is 10.5. The quantitative estimate of drug-likeness (QED) is 0.179. The topological polar surface area (TPSA) is 92.8 Å². The van der Waals surface area contributed by atoms with Gasteiger partial charge in [-0.15, -0.1) is 0 Å². The molecule has 35 heavy (non-hydrogen) atoms. The molecule has 0 aliphatic carbocycles. The van der Waals surface area contributed by atoms with Gasteiger partial charge in [-0.05, 0) is 0 Å². The zero-order valence-corrected chi connectivity index (χ0v) is 24.3. The molecule has 0 spiro atoms. The Bertz CT molecular complexity index is 875. The van der Waals surface area contributed by atoms with Crippen LogP contribution in [0.4, 0.5) is 0 Å². The molecule has 7 nitrogen and oxygen atoms in total. The first-order valence-corrected chi connectivity index (χ1v) is 20.4. The number of benzene rings is 1. The van der Waals surface area contributed by atoms with Crippen LogP contribution in [0, 0.1) is 0 Å². The number of nitrogens with one attached hydrogen (secondary N) is 1. The second-order valence-electron chi connectivity index (χ2n) is 9.24. The van der Waals surface area contributed by atoms with Gasteiger partial charge in [-0.25, -0.2) is 0 Å². The number of rotatable bonds is 16. The number of hydrogen-bond acceptors (Lipinski definition) is 5. The third kappa shape index (κ3) is 8.77. The molecule has 0 fully saturated rings. The first-order valence-electron chi connectivity index (χ1n) is 12.9. The minimum absolute atomic E-state index is 0.00520. The van der Waals surface area contributed by atoms with Crippen molar-refractivity contribution in [3.8, 4) is 0 Å². The number of unbranched alkanes of at least 4 members (excludes halogenated alkanes) is 3. The summed E-state index contributed by atoms with van der Waals surface area (Å²) in [4.78, 5) is 49.0. The molecule has 2 rings (SSSR count). The van der Waals surface area contributed by atoms with E-state index in [0.29, 0.717) is 5.56 Å². The van der Waals surface area contributed by atoms with Gasteiger partial charge in [-0.1, -0.05) is 0 Å². The average Bonchev–Trinajstić information content (AvgIpc) is 3.19. The van der Waals surface area contributed by atoms with Gasteiger partial charge in [0.1, 0.15) is 0 Å². The molecule has 0 bridgehead atoms. The summed E-state index contributed by atoms with van der Waals surface area (Å²) in [6, 6.07) is 8.10. The molecule has 8 heteroatoms. The molecule has 0 saturated carbocycles. The van der Waals surface area contributed by atoms with Crippen molar-refractivity contribution in [2.24, 2.45) is 0 Å². The van der Waals surface area contributed by atoms with E-state index in [9.17, 15) is 19.2 Å². The van der Waals surface area contributed by atoms with Gasteiger partial charge in [0.15, 0.2) is 0 Å². The van der Waals surface area contributed by atoms with Crippen LogP contribution < -0.4 is 8.90 Å². The predicted molar refractivity (Wildman–Crippen MR) is 140 cm³/mol. The standard InChI is InChI=1S/C15H13N2O5.3C4H9.Sn/c18-12-6-7-13(19)17(12)8-9-22-14(20)10-16-15(21)11-4-2-1-3-5-11;3*1-3-4-2;/h1-2,4-7H,8-10H2,(H,16,21);3*1,3-4H2,2H3;. The van der Waals surface area contributed by atoms with Crippen LogP contribution in [0.15, 0.2) is 36.4 Å². The van der Waals surface area contributed by atoms with Crippen molar-refractivity contribution in [3.05, 3.63) is 42.0 Å². The zero-order chi connectivity index (χ0) is 25.7. The number of ether oxygens (including phenoxy) is 1. The van der Waals surface area contributed by atoms with E-state index < -0.39 is 36.2 Å². The monoisotopic (exact) mass is 592 g/mol. The number of nitrogens with zero attached hydrogens (tertiary/aromatic N) is 1. The van der Waals surface area contributed by atoms with Crippen LogP contribution in [0.1, 0.15) is 69.7 Å². The Balaban J connectivity index is 1.99. The number of carbonyl (C=O) groups is 4. The number of hydrogen-bond donors (Lipinski definition) is 1. The second-order valence-corrected chi connectivity index (χ2v) is 22.5. The van der Waals surface area contributed by atoms with Crippen LogP contribution in [0.5, 0.6) is 0 Å². The maximum absolute atomic E-state index is 12.8. The molecule has 1 aromatic carbocycles. The SMILES string of the molecule is CCC[CH2][Sn]([CH2]CCC)([CH2]CCC)[c]1cccc(C(=O)NCC(=O)OCCN2C(=O)C=CC2=O)c1. The van der Waals surface area contributed by atoms with Crippen LogP contribution in [-0.4, -0.2) is 66.7 Å². The van der Waals surface area contributed by atoms with E-state index >= 15 is 0 Å². The minimum atomic E-state index is -2.66. The summed E-state index contributed by atoms with van der Waals surface area (Å²) in [5.74, 6) is -1.74. The number of amides is 3. The van der Waals surface area contributed by atoms with E-state index in [1.54, 1.807) is 6.07 Å². The Morgan fingerprint density at radius 3 is 2.03 bits per heavy atom. The van der Waals surface area contributed by atoms with Gasteiger partial charge in [0.05, 0.1) is 0 Å². The predicted octanol–water partition coefficient (Wildman–Crippen LogP) is 3.94. The third-order valence-corrected chi connectivity index (χ3v) is 22.2. The fourth-order valence-corrected chi connectivity index (χ4v) is 20.6. The molecule has 1 aliphatic heterocycles. The summed E-state index contributed by atoms with van der Waals surface area (Å²) in [5.41, 5.74) is 0.584. The van der Waals surface area contributed by atoms with E-state index in [0.717, 1.165) is 4.90 Å². The first-order chi connectivity index (χ1) is 16.9. The average molecular weight is 591 g/mol. The van der Waals surface area contributed by atoms with E-state index in [1.807, 2.05) is 6.07 Å². The molecule has 0 radical (unpaired) electrons. The van der Waals surface area contributed by atoms with Crippen LogP contribution in [0.25, 0.3) is 0 Å².